The van der Waals surface area contributed by atoms with Gasteiger partial charge in [-0.05, 0) is 6.42 Å². The van der Waals surface area contributed by atoms with Crippen LogP contribution in [0.4, 0.5) is 0 Å². The molecule has 0 aromatic carbocycles. The molecule has 0 atom stereocenters. The third-order valence-corrected chi connectivity index (χ3v) is 3.48. The zero-order valence-corrected chi connectivity index (χ0v) is 16.3. The standard InChI is InChI=1S/C14H23N7O.HI/c1-5-11-10(12(6-2)22-20-11)7-16-14(15-3)17-8-13-18-9-19-21(13)4;/h9H,5-8H2,1-4H3,(H2,15,16,17);1H. The van der Waals surface area contributed by atoms with Gasteiger partial charge in [-0.15, -0.1) is 24.0 Å². The van der Waals surface area contributed by atoms with Crippen molar-refractivity contribution in [2.24, 2.45) is 12.0 Å². The molecule has 9 heteroatoms. The van der Waals surface area contributed by atoms with Crippen molar-refractivity contribution < 1.29 is 4.52 Å². The van der Waals surface area contributed by atoms with Gasteiger partial charge in [0.25, 0.3) is 0 Å². The van der Waals surface area contributed by atoms with E-state index in [1.54, 1.807) is 11.7 Å². The highest BCUT2D eigenvalue weighted by Gasteiger charge is 2.13. The zero-order chi connectivity index (χ0) is 15.9. The molecular weight excluding hydrogens is 409 g/mol. The van der Waals surface area contributed by atoms with E-state index in [9.17, 15) is 0 Å². The first kappa shape index (κ1) is 19.4. The second-order valence-electron chi connectivity index (χ2n) is 4.82. The van der Waals surface area contributed by atoms with Crippen LogP contribution in [0.2, 0.25) is 0 Å². The summed E-state index contributed by atoms with van der Waals surface area (Å²) in [6.07, 6.45) is 3.21. The van der Waals surface area contributed by atoms with Crippen molar-refractivity contribution in [3.8, 4) is 0 Å². The minimum absolute atomic E-state index is 0. The van der Waals surface area contributed by atoms with Crippen LogP contribution in [-0.4, -0.2) is 32.9 Å². The van der Waals surface area contributed by atoms with Gasteiger partial charge in [-0.1, -0.05) is 19.0 Å². The van der Waals surface area contributed by atoms with Gasteiger partial charge in [0, 0.05) is 32.6 Å². The Balaban J connectivity index is 0.00000264. The van der Waals surface area contributed by atoms with Crippen molar-refractivity contribution in [2.75, 3.05) is 7.05 Å². The summed E-state index contributed by atoms with van der Waals surface area (Å²) in [6.45, 7) is 5.32. The smallest absolute Gasteiger partial charge is 0.191 e. The molecule has 0 spiro atoms. The van der Waals surface area contributed by atoms with E-state index in [0.29, 0.717) is 19.0 Å². The van der Waals surface area contributed by atoms with Crippen LogP contribution in [0.15, 0.2) is 15.8 Å². The lowest BCUT2D eigenvalue weighted by atomic mass is 10.1. The van der Waals surface area contributed by atoms with E-state index < -0.39 is 0 Å². The summed E-state index contributed by atoms with van der Waals surface area (Å²) >= 11 is 0. The molecule has 128 valence electrons. The minimum Gasteiger partial charge on any atom is -0.361 e. The Hall–Kier alpha value is -1.65. The molecule has 0 unspecified atom stereocenters. The van der Waals surface area contributed by atoms with Gasteiger partial charge >= 0.3 is 0 Å². The number of rotatable bonds is 6. The van der Waals surface area contributed by atoms with Gasteiger partial charge in [0.05, 0.1) is 12.2 Å². The molecule has 0 aliphatic heterocycles. The molecule has 2 heterocycles. The van der Waals surface area contributed by atoms with Crippen molar-refractivity contribution in [1.82, 2.24) is 30.6 Å². The maximum absolute atomic E-state index is 5.36. The molecule has 0 saturated heterocycles. The number of hydrogen-bond donors (Lipinski definition) is 2. The summed E-state index contributed by atoms with van der Waals surface area (Å²) in [4.78, 5) is 8.38. The number of halogens is 1. The Morgan fingerprint density at radius 2 is 2.00 bits per heavy atom. The van der Waals surface area contributed by atoms with Crippen LogP contribution in [0.25, 0.3) is 0 Å². The largest absolute Gasteiger partial charge is 0.361 e. The average molecular weight is 433 g/mol. The molecule has 0 aliphatic carbocycles. The predicted molar refractivity (Wildman–Crippen MR) is 98.7 cm³/mol. The summed E-state index contributed by atoms with van der Waals surface area (Å²) in [6, 6.07) is 0. The maximum Gasteiger partial charge on any atom is 0.191 e. The lowest BCUT2D eigenvalue weighted by Gasteiger charge is -2.11. The lowest BCUT2D eigenvalue weighted by molar-refractivity contribution is 0.380. The van der Waals surface area contributed by atoms with E-state index in [0.717, 1.165) is 35.7 Å². The molecule has 8 nitrogen and oxygen atoms in total. The number of aliphatic imine (C=N–C) groups is 1. The van der Waals surface area contributed by atoms with Crippen LogP contribution < -0.4 is 10.6 Å². The van der Waals surface area contributed by atoms with Crippen molar-refractivity contribution >= 4 is 29.9 Å². The molecule has 2 aromatic rings. The number of guanidine groups is 1. The SMILES string of the molecule is CCc1noc(CC)c1CNC(=NC)NCc1ncnn1C.I. The van der Waals surface area contributed by atoms with Crippen LogP contribution in [0, 0.1) is 0 Å². The van der Waals surface area contributed by atoms with E-state index in [2.05, 4.69) is 44.7 Å². The van der Waals surface area contributed by atoms with E-state index in [1.165, 1.54) is 6.33 Å². The van der Waals surface area contributed by atoms with Gasteiger partial charge in [0.1, 0.15) is 17.9 Å². The first-order valence-electron chi connectivity index (χ1n) is 7.43. The van der Waals surface area contributed by atoms with Crippen molar-refractivity contribution in [1.29, 1.82) is 0 Å². The van der Waals surface area contributed by atoms with E-state index in [-0.39, 0.29) is 24.0 Å². The number of nitrogens with one attached hydrogen (secondary N) is 2. The Morgan fingerprint density at radius 3 is 2.57 bits per heavy atom. The molecule has 2 aromatic heterocycles. The van der Waals surface area contributed by atoms with Crippen molar-refractivity contribution in [3.63, 3.8) is 0 Å². The van der Waals surface area contributed by atoms with Crippen LogP contribution in [0.5, 0.6) is 0 Å². The topological polar surface area (TPSA) is 93.2 Å². The van der Waals surface area contributed by atoms with Gasteiger partial charge in [0.2, 0.25) is 0 Å². The Morgan fingerprint density at radius 1 is 1.26 bits per heavy atom. The fourth-order valence-electron chi connectivity index (χ4n) is 2.17. The van der Waals surface area contributed by atoms with Gasteiger partial charge in [-0.2, -0.15) is 5.10 Å². The first-order chi connectivity index (χ1) is 10.7. The van der Waals surface area contributed by atoms with Crippen molar-refractivity contribution in [3.05, 3.63) is 29.2 Å². The highest BCUT2D eigenvalue weighted by atomic mass is 127. The molecule has 2 N–H and O–H groups in total. The number of hydrogen-bond acceptors (Lipinski definition) is 5. The number of aromatic nitrogens is 4. The van der Waals surface area contributed by atoms with Gasteiger partial charge in [-0.3, -0.25) is 9.67 Å². The molecule has 0 bridgehead atoms. The normalized spacial score (nSPS) is 11.2. The van der Waals surface area contributed by atoms with Crippen LogP contribution in [0.3, 0.4) is 0 Å². The van der Waals surface area contributed by atoms with Gasteiger partial charge in [-0.25, -0.2) is 4.98 Å². The van der Waals surface area contributed by atoms with E-state index in [1.807, 2.05) is 7.05 Å². The predicted octanol–water partition coefficient (Wildman–Crippen LogP) is 1.41. The summed E-state index contributed by atoms with van der Waals surface area (Å²) in [5.74, 6) is 2.47. The molecule has 0 saturated carbocycles. The molecular formula is C14H24IN7O. The lowest BCUT2D eigenvalue weighted by Crippen LogP contribution is -2.37. The third-order valence-electron chi connectivity index (χ3n) is 3.48. The second kappa shape index (κ2) is 9.48. The molecule has 0 aliphatic rings. The number of nitrogens with zero attached hydrogens (tertiary/aromatic N) is 5. The fraction of sp³-hybridized carbons (Fsp3) is 0.571. The van der Waals surface area contributed by atoms with E-state index in [4.69, 9.17) is 4.52 Å². The highest BCUT2D eigenvalue weighted by Crippen LogP contribution is 2.15. The van der Waals surface area contributed by atoms with Gasteiger partial charge < -0.3 is 15.2 Å². The first-order valence-corrected chi connectivity index (χ1v) is 7.43. The fourth-order valence-corrected chi connectivity index (χ4v) is 2.17. The summed E-state index contributed by atoms with van der Waals surface area (Å²) in [7, 11) is 3.60. The zero-order valence-electron chi connectivity index (χ0n) is 14.0. The molecule has 2 rings (SSSR count). The van der Waals surface area contributed by atoms with Crippen molar-refractivity contribution in [2.45, 2.75) is 39.8 Å². The third kappa shape index (κ3) is 4.91. The Bertz CT molecular complexity index is 613. The van der Waals surface area contributed by atoms with Crippen LogP contribution in [0.1, 0.15) is 36.7 Å². The monoisotopic (exact) mass is 433 g/mol. The van der Waals surface area contributed by atoms with E-state index >= 15 is 0 Å². The highest BCUT2D eigenvalue weighted by molar-refractivity contribution is 14.0. The molecule has 0 radical (unpaired) electrons. The summed E-state index contributed by atoms with van der Waals surface area (Å²) < 4.78 is 7.09. The maximum atomic E-state index is 5.36. The summed E-state index contributed by atoms with van der Waals surface area (Å²) in [5, 5.41) is 14.6. The molecule has 0 fully saturated rings. The van der Waals surface area contributed by atoms with Crippen LogP contribution >= 0.6 is 24.0 Å². The minimum atomic E-state index is 0. The molecule has 0 amide bonds. The summed E-state index contributed by atoms with van der Waals surface area (Å²) in [5.41, 5.74) is 2.11. The van der Waals surface area contributed by atoms with Gasteiger partial charge in [0.15, 0.2) is 5.96 Å². The average Bonchev–Trinajstić information content (AvgIpc) is 3.13. The number of aryl methyl sites for hydroxylation is 3. The quantitative estimate of drug-likeness (QED) is 0.407. The Labute approximate surface area is 153 Å². The second-order valence-corrected chi connectivity index (χ2v) is 4.82. The Kier molecular flexibility index (Phi) is 8.00. The molecule has 23 heavy (non-hydrogen) atoms. The van der Waals surface area contributed by atoms with Crippen LogP contribution in [-0.2, 0) is 33.0 Å².